The molecule has 114 valence electrons. The quantitative estimate of drug-likeness (QED) is 0.837. The second kappa shape index (κ2) is 6.89. The third-order valence-corrected chi connectivity index (χ3v) is 6.46. The highest BCUT2D eigenvalue weighted by Gasteiger charge is 2.33. The van der Waals surface area contributed by atoms with E-state index < -0.39 is 15.8 Å². The van der Waals surface area contributed by atoms with Gasteiger partial charge in [-0.15, -0.1) is 12.4 Å². The van der Waals surface area contributed by atoms with E-state index in [1.807, 2.05) is 0 Å². The predicted octanol–water partition coefficient (Wildman–Crippen LogP) is 2.65. The standard InChI is InChI=1S/C11H13BrClFN2O2S.ClH/c1-16(8-2-3-15-6-8)19(17,18)11-9(12)4-7(14)5-10(11)13;/h4-5,8,15H,2-3,6H2,1H3;1H. The molecule has 20 heavy (non-hydrogen) atoms. The average molecular weight is 408 g/mol. The van der Waals surface area contributed by atoms with E-state index in [4.69, 9.17) is 11.6 Å². The van der Waals surface area contributed by atoms with Crippen molar-refractivity contribution in [2.45, 2.75) is 17.4 Å². The minimum absolute atomic E-state index is 0. The molecule has 1 aromatic rings. The number of rotatable bonds is 3. The smallest absolute Gasteiger partial charge is 0.245 e. The van der Waals surface area contributed by atoms with Crippen LogP contribution in [0.3, 0.4) is 0 Å². The summed E-state index contributed by atoms with van der Waals surface area (Å²) in [5, 5.41) is 2.98. The van der Waals surface area contributed by atoms with Gasteiger partial charge < -0.3 is 5.32 Å². The minimum atomic E-state index is -3.75. The van der Waals surface area contributed by atoms with Crippen molar-refractivity contribution in [3.63, 3.8) is 0 Å². The van der Waals surface area contributed by atoms with E-state index in [0.717, 1.165) is 25.1 Å². The van der Waals surface area contributed by atoms with E-state index in [-0.39, 0.29) is 32.8 Å². The molecule has 0 saturated carbocycles. The minimum Gasteiger partial charge on any atom is -0.315 e. The lowest BCUT2D eigenvalue weighted by atomic mass is 10.3. The van der Waals surface area contributed by atoms with Gasteiger partial charge in [0, 0.05) is 24.1 Å². The first-order chi connectivity index (χ1) is 8.84. The monoisotopic (exact) mass is 406 g/mol. The molecule has 1 aromatic carbocycles. The van der Waals surface area contributed by atoms with Crippen molar-refractivity contribution >= 4 is 50.0 Å². The Balaban J connectivity index is 0.00000200. The van der Waals surface area contributed by atoms with Crippen LogP contribution in [0.15, 0.2) is 21.5 Å². The molecule has 1 aliphatic rings. The Bertz CT molecular complexity index is 571. The molecule has 0 spiro atoms. The molecule has 1 atom stereocenters. The van der Waals surface area contributed by atoms with E-state index in [0.29, 0.717) is 6.54 Å². The zero-order valence-electron chi connectivity index (χ0n) is 10.6. The van der Waals surface area contributed by atoms with Crippen LogP contribution >= 0.6 is 39.9 Å². The highest BCUT2D eigenvalue weighted by Crippen LogP contribution is 2.33. The van der Waals surface area contributed by atoms with Crippen molar-refractivity contribution in [2.24, 2.45) is 0 Å². The first-order valence-electron chi connectivity index (χ1n) is 5.67. The molecule has 1 saturated heterocycles. The summed E-state index contributed by atoms with van der Waals surface area (Å²) < 4.78 is 39.7. The second-order valence-corrected chi connectivity index (χ2v) is 7.56. The van der Waals surface area contributed by atoms with Crippen molar-refractivity contribution in [3.8, 4) is 0 Å². The first kappa shape index (κ1) is 18.1. The molecule has 0 amide bonds. The first-order valence-corrected chi connectivity index (χ1v) is 8.28. The fourth-order valence-electron chi connectivity index (χ4n) is 2.07. The molecular weight excluding hydrogens is 394 g/mol. The third kappa shape index (κ3) is 3.45. The van der Waals surface area contributed by atoms with Gasteiger partial charge in [-0.2, -0.15) is 4.31 Å². The van der Waals surface area contributed by atoms with Crippen LogP contribution in [0.1, 0.15) is 6.42 Å². The lowest BCUT2D eigenvalue weighted by Gasteiger charge is -2.24. The summed E-state index contributed by atoms with van der Waals surface area (Å²) in [6.45, 7) is 1.38. The highest BCUT2D eigenvalue weighted by atomic mass is 79.9. The number of nitrogens with one attached hydrogen (secondary N) is 1. The number of halogens is 4. The van der Waals surface area contributed by atoms with E-state index >= 15 is 0 Å². The number of nitrogens with zero attached hydrogens (tertiary/aromatic N) is 1. The van der Waals surface area contributed by atoms with Crippen LogP contribution in [-0.4, -0.2) is 38.9 Å². The maximum atomic E-state index is 13.2. The van der Waals surface area contributed by atoms with Crippen molar-refractivity contribution in [1.82, 2.24) is 9.62 Å². The molecule has 1 fully saturated rings. The van der Waals surface area contributed by atoms with Crippen LogP contribution in [0.25, 0.3) is 0 Å². The van der Waals surface area contributed by atoms with Gasteiger partial charge in [0.25, 0.3) is 0 Å². The summed E-state index contributed by atoms with van der Waals surface area (Å²) in [6.07, 6.45) is 0.742. The SMILES string of the molecule is CN(C1CCNC1)S(=O)(=O)c1c(Cl)cc(F)cc1Br.Cl. The van der Waals surface area contributed by atoms with Gasteiger partial charge >= 0.3 is 0 Å². The molecule has 0 aliphatic carbocycles. The maximum absolute atomic E-state index is 13.2. The largest absolute Gasteiger partial charge is 0.315 e. The van der Waals surface area contributed by atoms with Gasteiger partial charge in [-0.05, 0) is 41.0 Å². The fourth-order valence-corrected chi connectivity index (χ4v) is 5.20. The average Bonchev–Trinajstić information content (AvgIpc) is 2.78. The Hall–Kier alpha value is 0.0800. The van der Waals surface area contributed by atoms with Crippen LogP contribution < -0.4 is 5.32 Å². The molecule has 0 bridgehead atoms. The topological polar surface area (TPSA) is 49.4 Å². The lowest BCUT2D eigenvalue weighted by Crippen LogP contribution is -2.38. The van der Waals surface area contributed by atoms with E-state index in [2.05, 4.69) is 21.2 Å². The molecule has 2 rings (SSSR count). The Morgan fingerprint density at radius 3 is 2.65 bits per heavy atom. The van der Waals surface area contributed by atoms with Crippen LogP contribution in [0.4, 0.5) is 4.39 Å². The van der Waals surface area contributed by atoms with Gasteiger partial charge in [0.2, 0.25) is 10.0 Å². The summed E-state index contributed by atoms with van der Waals surface area (Å²) >= 11 is 8.94. The summed E-state index contributed by atoms with van der Waals surface area (Å²) in [7, 11) is -2.24. The lowest BCUT2D eigenvalue weighted by molar-refractivity contribution is 0.387. The third-order valence-electron chi connectivity index (χ3n) is 3.15. The van der Waals surface area contributed by atoms with E-state index in [1.54, 1.807) is 0 Å². The maximum Gasteiger partial charge on any atom is 0.245 e. The molecule has 1 unspecified atom stereocenters. The van der Waals surface area contributed by atoms with E-state index in [9.17, 15) is 12.8 Å². The summed E-state index contributed by atoms with van der Waals surface area (Å²) in [5.74, 6) is -0.582. The Morgan fingerprint density at radius 1 is 1.50 bits per heavy atom. The fraction of sp³-hybridized carbons (Fsp3) is 0.455. The molecular formula is C11H14BrCl2FN2O2S. The van der Waals surface area contributed by atoms with Crippen molar-refractivity contribution in [1.29, 1.82) is 0 Å². The van der Waals surface area contributed by atoms with Crippen LogP contribution in [0.5, 0.6) is 0 Å². The number of hydrogen-bond acceptors (Lipinski definition) is 3. The van der Waals surface area contributed by atoms with Gasteiger partial charge in [0.05, 0.1) is 5.02 Å². The Morgan fingerprint density at radius 2 is 2.15 bits per heavy atom. The van der Waals surface area contributed by atoms with Crippen molar-refractivity contribution in [2.75, 3.05) is 20.1 Å². The molecule has 4 nitrogen and oxygen atoms in total. The van der Waals surface area contributed by atoms with Crippen LogP contribution in [0, 0.1) is 5.82 Å². The van der Waals surface area contributed by atoms with Crippen LogP contribution in [-0.2, 0) is 10.0 Å². The van der Waals surface area contributed by atoms with Gasteiger partial charge in [-0.1, -0.05) is 11.6 Å². The molecule has 1 aliphatic heterocycles. The number of sulfonamides is 1. The highest BCUT2D eigenvalue weighted by molar-refractivity contribution is 9.10. The molecule has 9 heteroatoms. The summed E-state index contributed by atoms with van der Waals surface area (Å²) in [4.78, 5) is -0.0926. The zero-order valence-corrected chi connectivity index (χ0v) is 14.5. The van der Waals surface area contributed by atoms with E-state index in [1.165, 1.54) is 11.4 Å². The zero-order chi connectivity index (χ0) is 14.2. The number of benzene rings is 1. The summed E-state index contributed by atoms with van der Waals surface area (Å²) in [5.41, 5.74) is 0. The normalized spacial score (nSPS) is 19.1. The van der Waals surface area contributed by atoms with Gasteiger partial charge in [-0.3, -0.25) is 0 Å². The summed E-state index contributed by atoms with van der Waals surface area (Å²) in [6, 6.07) is 1.98. The van der Waals surface area contributed by atoms with Crippen molar-refractivity contribution in [3.05, 3.63) is 27.4 Å². The predicted molar refractivity (Wildman–Crippen MR) is 82.6 cm³/mol. The Kier molecular flexibility index (Phi) is 6.25. The second-order valence-electron chi connectivity index (χ2n) is 4.37. The number of likely N-dealkylation sites (N-methyl/N-ethyl adjacent to an activating group) is 1. The Labute approximate surface area is 137 Å². The van der Waals surface area contributed by atoms with Crippen molar-refractivity contribution < 1.29 is 12.8 Å². The molecule has 1 heterocycles. The molecule has 1 N–H and O–H groups in total. The molecule has 0 aromatic heterocycles. The molecule has 0 radical (unpaired) electrons. The van der Waals surface area contributed by atoms with Gasteiger partial charge in [0.15, 0.2) is 0 Å². The van der Waals surface area contributed by atoms with Crippen LogP contribution in [0.2, 0.25) is 5.02 Å². The number of hydrogen-bond donors (Lipinski definition) is 1. The van der Waals surface area contributed by atoms with Gasteiger partial charge in [-0.25, -0.2) is 12.8 Å². The van der Waals surface area contributed by atoms with Gasteiger partial charge in [0.1, 0.15) is 10.7 Å².